The molecule has 25 heavy (non-hydrogen) atoms. The number of carbonyl (C=O) groups excluding carboxylic acids is 1. The first-order chi connectivity index (χ1) is 11.8. The molecular weight excluding hydrogens is 318 g/mol. The lowest BCUT2D eigenvalue weighted by molar-refractivity contribution is 0.121. The molecule has 0 aliphatic carbocycles. The molecule has 0 aromatic carbocycles. The summed E-state index contributed by atoms with van der Waals surface area (Å²) >= 11 is 0. The molecule has 134 valence electrons. The van der Waals surface area contributed by atoms with Gasteiger partial charge in [-0.05, 0) is 46.8 Å². The molecule has 0 radical (unpaired) electrons. The van der Waals surface area contributed by atoms with Crippen LogP contribution in [0.3, 0.4) is 0 Å². The fourth-order valence-electron chi connectivity index (χ4n) is 2.72. The summed E-state index contributed by atoms with van der Waals surface area (Å²) in [4.78, 5) is 23.2. The first-order valence-corrected chi connectivity index (χ1v) is 8.32. The Morgan fingerprint density at radius 2 is 1.84 bits per heavy atom. The van der Waals surface area contributed by atoms with E-state index in [4.69, 9.17) is 9.47 Å². The number of aromatic nitrogens is 2. The van der Waals surface area contributed by atoms with Gasteiger partial charge in [-0.2, -0.15) is 0 Å². The van der Waals surface area contributed by atoms with Crippen molar-refractivity contribution in [2.45, 2.75) is 46.7 Å². The van der Waals surface area contributed by atoms with Crippen LogP contribution < -0.4 is 9.47 Å². The largest absolute Gasteiger partial charge is 0.493 e. The number of pyridine rings is 2. The fraction of sp³-hybridized carbons (Fsp3) is 0.421. The van der Waals surface area contributed by atoms with Crippen LogP contribution in [-0.4, -0.2) is 40.2 Å². The van der Waals surface area contributed by atoms with E-state index in [0.717, 1.165) is 5.69 Å². The molecule has 0 spiro atoms. The Bertz CT molecular complexity index is 722. The van der Waals surface area contributed by atoms with E-state index < -0.39 is 6.09 Å². The van der Waals surface area contributed by atoms with Crippen molar-refractivity contribution in [1.82, 2.24) is 14.9 Å². The molecule has 0 aliphatic heterocycles. The van der Waals surface area contributed by atoms with Crippen molar-refractivity contribution in [3.8, 4) is 22.9 Å². The minimum atomic E-state index is -0.439. The summed E-state index contributed by atoms with van der Waals surface area (Å²) in [6.45, 7) is 9.66. The van der Waals surface area contributed by atoms with Crippen LogP contribution in [-0.2, 0) is 0 Å². The highest BCUT2D eigenvalue weighted by atomic mass is 16.6. The lowest BCUT2D eigenvalue weighted by atomic mass is 10.2. The fourth-order valence-corrected chi connectivity index (χ4v) is 2.72. The zero-order valence-corrected chi connectivity index (χ0v) is 15.6. The van der Waals surface area contributed by atoms with Gasteiger partial charge in [-0.1, -0.05) is 6.07 Å². The lowest BCUT2D eigenvalue weighted by Crippen LogP contribution is -2.43. The zero-order chi connectivity index (χ0) is 18.6. The van der Waals surface area contributed by atoms with Crippen LogP contribution in [0.15, 0.2) is 30.5 Å². The summed E-state index contributed by atoms with van der Waals surface area (Å²) in [5.74, 6) is 0.733. The van der Waals surface area contributed by atoms with Gasteiger partial charge in [-0.3, -0.25) is 4.98 Å². The molecule has 6 heteroatoms. The highest BCUT2D eigenvalue weighted by molar-refractivity contribution is 5.77. The summed E-state index contributed by atoms with van der Waals surface area (Å²) in [7, 11) is 1.54. The van der Waals surface area contributed by atoms with Gasteiger partial charge >= 0.3 is 6.09 Å². The van der Waals surface area contributed by atoms with Crippen LogP contribution >= 0.6 is 0 Å². The van der Waals surface area contributed by atoms with E-state index in [1.54, 1.807) is 17.2 Å². The second kappa shape index (κ2) is 7.96. The number of ether oxygens (including phenoxy) is 2. The van der Waals surface area contributed by atoms with Gasteiger partial charge in [0.2, 0.25) is 5.75 Å². The number of carbonyl (C=O) groups is 1. The van der Waals surface area contributed by atoms with Crippen molar-refractivity contribution in [3.05, 3.63) is 36.2 Å². The maximum atomic E-state index is 12.7. The number of methoxy groups -OCH3 is 1. The van der Waals surface area contributed by atoms with Gasteiger partial charge in [0.15, 0.2) is 5.75 Å². The van der Waals surface area contributed by atoms with Crippen molar-refractivity contribution < 1.29 is 14.3 Å². The molecule has 0 N–H and O–H groups in total. The number of hydrogen-bond acceptors (Lipinski definition) is 5. The molecule has 2 rings (SSSR count). The number of hydrogen-bond donors (Lipinski definition) is 0. The minimum Gasteiger partial charge on any atom is -0.493 e. The van der Waals surface area contributed by atoms with Gasteiger partial charge < -0.3 is 14.4 Å². The molecular formula is C19H25N3O3. The second-order valence-corrected chi connectivity index (χ2v) is 6.32. The molecule has 6 nitrogen and oxygen atoms in total. The highest BCUT2D eigenvalue weighted by Crippen LogP contribution is 2.37. The summed E-state index contributed by atoms with van der Waals surface area (Å²) in [6.07, 6.45) is 1.23. The Balaban J connectivity index is 2.51. The van der Waals surface area contributed by atoms with E-state index in [1.807, 2.05) is 52.8 Å². The van der Waals surface area contributed by atoms with Crippen LogP contribution in [0.5, 0.6) is 11.5 Å². The average molecular weight is 343 g/mol. The van der Waals surface area contributed by atoms with Gasteiger partial charge in [0.1, 0.15) is 5.69 Å². The van der Waals surface area contributed by atoms with E-state index in [2.05, 4.69) is 9.97 Å². The number of rotatable bonds is 5. The predicted octanol–water partition coefficient (Wildman–Crippen LogP) is 4.08. The van der Waals surface area contributed by atoms with Crippen LogP contribution in [0.25, 0.3) is 11.4 Å². The third-order valence-corrected chi connectivity index (χ3v) is 3.71. The predicted molar refractivity (Wildman–Crippen MR) is 96.9 cm³/mol. The van der Waals surface area contributed by atoms with Crippen molar-refractivity contribution >= 4 is 6.09 Å². The van der Waals surface area contributed by atoms with Crippen molar-refractivity contribution in [1.29, 1.82) is 0 Å². The smallest absolute Gasteiger partial charge is 0.415 e. The number of nitrogens with zero attached hydrogens (tertiary/aromatic N) is 3. The molecule has 0 saturated heterocycles. The topological polar surface area (TPSA) is 64.6 Å². The Morgan fingerprint density at radius 3 is 2.36 bits per heavy atom. The normalized spacial score (nSPS) is 10.9. The quantitative estimate of drug-likeness (QED) is 0.818. The SMILES string of the molecule is COc1cc(C)nc(-c2ccccn2)c1OC(=O)N(C(C)C)C(C)C. The Morgan fingerprint density at radius 1 is 1.16 bits per heavy atom. The number of amides is 1. The summed E-state index contributed by atoms with van der Waals surface area (Å²) in [5.41, 5.74) is 1.85. The average Bonchev–Trinajstić information content (AvgIpc) is 2.56. The summed E-state index contributed by atoms with van der Waals surface area (Å²) in [5, 5.41) is 0. The van der Waals surface area contributed by atoms with Gasteiger partial charge in [0.25, 0.3) is 0 Å². The maximum absolute atomic E-state index is 12.7. The molecule has 2 heterocycles. The van der Waals surface area contributed by atoms with E-state index in [9.17, 15) is 4.79 Å². The van der Waals surface area contributed by atoms with E-state index in [1.165, 1.54) is 7.11 Å². The van der Waals surface area contributed by atoms with E-state index >= 15 is 0 Å². The van der Waals surface area contributed by atoms with E-state index in [-0.39, 0.29) is 17.8 Å². The standard InChI is InChI=1S/C19H25N3O3/c1-12(2)22(13(3)4)19(23)25-18-16(24-6)11-14(5)21-17(18)15-9-7-8-10-20-15/h7-13H,1-6H3. The molecule has 0 unspecified atom stereocenters. The molecule has 0 bridgehead atoms. The monoisotopic (exact) mass is 343 g/mol. The molecule has 2 aromatic rings. The van der Waals surface area contributed by atoms with Crippen molar-refractivity contribution in [2.24, 2.45) is 0 Å². The molecule has 0 saturated carbocycles. The summed E-state index contributed by atoms with van der Waals surface area (Å²) < 4.78 is 11.1. The van der Waals surface area contributed by atoms with Gasteiger partial charge in [0, 0.05) is 30.0 Å². The highest BCUT2D eigenvalue weighted by Gasteiger charge is 2.26. The van der Waals surface area contributed by atoms with Gasteiger partial charge in [0.05, 0.1) is 12.8 Å². The second-order valence-electron chi connectivity index (χ2n) is 6.32. The Hall–Kier alpha value is -2.63. The van der Waals surface area contributed by atoms with Crippen LogP contribution in [0.1, 0.15) is 33.4 Å². The van der Waals surface area contributed by atoms with E-state index in [0.29, 0.717) is 17.1 Å². The van der Waals surface area contributed by atoms with Crippen molar-refractivity contribution in [2.75, 3.05) is 7.11 Å². The minimum absolute atomic E-state index is 0.00945. The van der Waals surface area contributed by atoms with Crippen molar-refractivity contribution in [3.63, 3.8) is 0 Å². The molecule has 1 amide bonds. The maximum Gasteiger partial charge on any atom is 0.415 e. The number of aryl methyl sites for hydroxylation is 1. The Labute approximate surface area is 148 Å². The first kappa shape index (κ1) is 18.7. The molecule has 0 aliphatic rings. The van der Waals surface area contributed by atoms with Gasteiger partial charge in [-0.25, -0.2) is 9.78 Å². The lowest BCUT2D eigenvalue weighted by Gasteiger charge is -2.30. The van der Waals surface area contributed by atoms with Crippen LogP contribution in [0.4, 0.5) is 4.79 Å². The van der Waals surface area contributed by atoms with Crippen LogP contribution in [0, 0.1) is 6.92 Å². The summed E-state index contributed by atoms with van der Waals surface area (Å²) in [6, 6.07) is 7.26. The molecule has 0 atom stereocenters. The first-order valence-electron chi connectivity index (χ1n) is 8.32. The molecule has 0 fully saturated rings. The zero-order valence-electron chi connectivity index (χ0n) is 15.6. The third-order valence-electron chi connectivity index (χ3n) is 3.71. The van der Waals surface area contributed by atoms with Crippen LogP contribution in [0.2, 0.25) is 0 Å². The third kappa shape index (κ3) is 4.26. The Kier molecular flexibility index (Phi) is 5.96. The van der Waals surface area contributed by atoms with Gasteiger partial charge in [-0.15, -0.1) is 0 Å². The molecule has 2 aromatic heterocycles.